The van der Waals surface area contributed by atoms with Gasteiger partial charge in [-0.25, -0.2) is 0 Å². The Balaban J connectivity index is 1.38. The number of hydrogen-bond donors (Lipinski definition) is 1. The van der Waals surface area contributed by atoms with Crippen molar-refractivity contribution in [2.24, 2.45) is 0 Å². The average Bonchev–Trinajstić information content (AvgIpc) is 3.24. The van der Waals surface area contributed by atoms with Gasteiger partial charge in [-0.05, 0) is 38.3 Å². The lowest BCUT2D eigenvalue weighted by atomic mass is 9.93. The van der Waals surface area contributed by atoms with Gasteiger partial charge >= 0.3 is 0 Å². The SMILES string of the molecule is Cc1ccc(C(C)C(=O)N2CCC(c3noc(-c4ccc(=O)[nH]c4)n3)CC2)cc1. The zero-order valence-electron chi connectivity index (χ0n) is 16.6. The largest absolute Gasteiger partial charge is 0.342 e. The highest BCUT2D eigenvalue weighted by atomic mass is 16.5. The highest BCUT2D eigenvalue weighted by Gasteiger charge is 2.29. The third-order valence-electron chi connectivity index (χ3n) is 5.59. The van der Waals surface area contributed by atoms with E-state index in [4.69, 9.17) is 4.52 Å². The third-order valence-corrected chi connectivity index (χ3v) is 5.59. The second-order valence-electron chi connectivity index (χ2n) is 7.63. The fourth-order valence-electron chi connectivity index (χ4n) is 3.69. The molecule has 3 heterocycles. The van der Waals surface area contributed by atoms with E-state index in [0.717, 1.165) is 18.4 Å². The standard InChI is InChI=1S/C22H24N4O3/c1-14-3-5-16(6-4-14)15(2)22(28)26-11-9-17(10-12-26)20-24-21(29-25-20)18-7-8-19(27)23-13-18/h3-8,13,15,17H,9-12H2,1-2H3,(H,23,27). The predicted octanol–water partition coefficient (Wildman–Crippen LogP) is 3.24. The molecule has 1 fully saturated rings. The van der Waals surface area contributed by atoms with Crippen molar-refractivity contribution in [3.05, 3.63) is 69.9 Å². The first-order valence-electron chi connectivity index (χ1n) is 9.89. The molecule has 0 spiro atoms. The van der Waals surface area contributed by atoms with Gasteiger partial charge in [-0.3, -0.25) is 9.59 Å². The number of carbonyl (C=O) groups excluding carboxylic acids is 1. The molecule has 1 aliphatic heterocycles. The van der Waals surface area contributed by atoms with E-state index in [1.807, 2.05) is 43.0 Å². The fraction of sp³-hybridized carbons (Fsp3) is 0.364. The number of pyridine rings is 1. The van der Waals surface area contributed by atoms with Gasteiger partial charge in [0.15, 0.2) is 5.82 Å². The summed E-state index contributed by atoms with van der Waals surface area (Å²) in [6, 6.07) is 11.2. The van der Waals surface area contributed by atoms with Crippen LogP contribution < -0.4 is 5.56 Å². The second-order valence-corrected chi connectivity index (χ2v) is 7.63. The number of rotatable bonds is 4. The van der Waals surface area contributed by atoms with Crippen LogP contribution in [-0.2, 0) is 4.79 Å². The number of amides is 1. The summed E-state index contributed by atoms with van der Waals surface area (Å²) < 4.78 is 5.36. The number of aromatic nitrogens is 3. The van der Waals surface area contributed by atoms with Crippen LogP contribution in [0.5, 0.6) is 0 Å². The van der Waals surface area contributed by atoms with Gasteiger partial charge in [0.25, 0.3) is 5.89 Å². The van der Waals surface area contributed by atoms with E-state index in [0.29, 0.717) is 30.4 Å². The van der Waals surface area contributed by atoms with Gasteiger partial charge in [-0.15, -0.1) is 0 Å². The van der Waals surface area contributed by atoms with Crippen molar-refractivity contribution >= 4 is 5.91 Å². The number of aromatic amines is 1. The molecule has 1 N–H and O–H groups in total. The monoisotopic (exact) mass is 392 g/mol. The molecule has 1 aliphatic rings. The molecule has 1 aromatic carbocycles. The van der Waals surface area contributed by atoms with Gasteiger partial charge in [0.1, 0.15) is 0 Å². The molecule has 29 heavy (non-hydrogen) atoms. The number of H-pyrrole nitrogens is 1. The third kappa shape index (κ3) is 4.13. The molecule has 7 heteroatoms. The van der Waals surface area contributed by atoms with Crippen LogP contribution in [0.4, 0.5) is 0 Å². The van der Waals surface area contributed by atoms with Crippen LogP contribution in [0.25, 0.3) is 11.5 Å². The van der Waals surface area contributed by atoms with E-state index < -0.39 is 0 Å². The number of nitrogens with one attached hydrogen (secondary N) is 1. The van der Waals surface area contributed by atoms with Crippen molar-refractivity contribution in [1.29, 1.82) is 0 Å². The van der Waals surface area contributed by atoms with Gasteiger partial charge in [0, 0.05) is 31.3 Å². The molecule has 0 radical (unpaired) electrons. The maximum absolute atomic E-state index is 12.9. The van der Waals surface area contributed by atoms with Crippen molar-refractivity contribution in [2.45, 2.75) is 38.5 Å². The van der Waals surface area contributed by atoms with Crippen molar-refractivity contribution in [1.82, 2.24) is 20.0 Å². The summed E-state index contributed by atoms with van der Waals surface area (Å²) in [6.07, 6.45) is 3.17. The fourth-order valence-corrected chi connectivity index (χ4v) is 3.69. The minimum Gasteiger partial charge on any atom is -0.342 e. The van der Waals surface area contributed by atoms with Gasteiger partial charge in [-0.1, -0.05) is 35.0 Å². The van der Waals surface area contributed by atoms with Crippen LogP contribution in [0.2, 0.25) is 0 Å². The molecule has 1 saturated heterocycles. The molecule has 1 unspecified atom stereocenters. The Kier molecular flexibility index (Phi) is 5.29. The number of carbonyl (C=O) groups is 1. The van der Waals surface area contributed by atoms with Gasteiger partial charge in [-0.2, -0.15) is 4.98 Å². The van der Waals surface area contributed by atoms with Gasteiger partial charge in [0.2, 0.25) is 11.5 Å². The Bertz CT molecular complexity index is 1030. The number of piperidine rings is 1. The van der Waals surface area contributed by atoms with Crippen LogP contribution in [0, 0.1) is 6.92 Å². The van der Waals surface area contributed by atoms with Crippen molar-refractivity contribution in [3.63, 3.8) is 0 Å². The van der Waals surface area contributed by atoms with Crippen LogP contribution in [0.15, 0.2) is 51.9 Å². The Labute approximate surface area is 168 Å². The maximum atomic E-state index is 12.9. The van der Waals surface area contributed by atoms with Crippen LogP contribution in [-0.4, -0.2) is 39.0 Å². The minimum atomic E-state index is -0.176. The molecule has 1 atom stereocenters. The molecule has 0 saturated carbocycles. The molecule has 3 aromatic rings. The molecular formula is C22H24N4O3. The smallest absolute Gasteiger partial charge is 0.259 e. The van der Waals surface area contributed by atoms with E-state index in [9.17, 15) is 9.59 Å². The Hall–Kier alpha value is -3.22. The highest BCUT2D eigenvalue weighted by molar-refractivity contribution is 5.83. The minimum absolute atomic E-state index is 0.149. The lowest BCUT2D eigenvalue weighted by Crippen LogP contribution is -2.40. The Morgan fingerprint density at radius 1 is 1.17 bits per heavy atom. The summed E-state index contributed by atoms with van der Waals surface area (Å²) in [4.78, 5) is 33.1. The van der Waals surface area contributed by atoms with Crippen molar-refractivity contribution in [3.8, 4) is 11.5 Å². The van der Waals surface area contributed by atoms with Gasteiger partial charge in [0.05, 0.1) is 11.5 Å². The zero-order valence-corrected chi connectivity index (χ0v) is 16.6. The van der Waals surface area contributed by atoms with E-state index in [1.54, 1.807) is 12.3 Å². The van der Waals surface area contributed by atoms with Crippen LogP contribution in [0.1, 0.15) is 48.6 Å². The molecule has 0 aliphatic carbocycles. The first kappa shape index (κ1) is 19.1. The molecule has 1 amide bonds. The second kappa shape index (κ2) is 8.03. The summed E-state index contributed by atoms with van der Waals surface area (Å²) in [5.41, 5.74) is 2.75. The van der Waals surface area contributed by atoms with Gasteiger partial charge < -0.3 is 14.4 Å². The molecule has 7 nitrogen and oxygen atoms in total. The maximum Gasteiger partial charge on any atom is 0.259 e. The van der Waals surface area contributed by atoms with Crippen molar-refractivity contribution < 1.29 is 9.32 Å². The van der Waals surface area contributed by atoms with E-state index in [1.165, 1.54) is 11.6 Å². The van der Waals surface area contributed by atoms with Crippen LogP contribution >= 0.6 is 0 Å². The normalized spacial score (nSPS) is 16.0. The number of benzene rings is 1. The topological polar surface area (TPSA) is 92.1 Å². The molecule has 150 valence electrons. The summed E-state index contributed by atoms with van der Waals surface area (Å²) in [5.74, 6) is 1.22. The molecule has 2 aromatic heterocycles. The number of aryl methyl sites for hydroxylation is 1. The van der Waals surface area contributed by atoms with E-state index in [2.05, 4.69) is 15.1 Å². The number of likely N-dealkylation sites (tertiary alicyclic amines) is 1. The van der Waals surface area contributed by atoms with E-state index in [-0.39, 0.29) is 23.3 Å². The average molecular weight is 392 g/mol. The highest BCUT2D eigenvalue weighted by Crippen LogP contribution is 2.29. The zero-order chi connectivity index (χ0) is 20.4. The quantitative estimate of drug-likeness (QED) is 0.736. The Morgan fingerprint density at radius 3 is 2.55 bits per heavy atom. The summed E-state index contributed by atoms with van der Waals surface area (Å²) in [6.45, 7) is 5.38. The lowest BCUT2D eigenvalue weighted by Gasteiger charge is -2.32. The molecule has 4 rings (SSSR count). The summed E-state index contributed by atoms with van der Waals surface area (Å²) >= 11 is 0. The van der Waals surface area contributed by atoms with Crippen LogP contribution in [0.3, 0.4) is 0 Å². The van der Waals surface area contributed by atoms with E-state index >= 15 is 0 Å². The number of hydrogen-bond acceptors (Lipinski definition) is 5. The predicted molar refractivity (Wildman–Crippen MR) is 109 cm³/mol. The summed E-state index contributed by atoms with van der Waals surface area (Å²) in [7, 11) is 0. The first-order valence-corrected chi connectivity index (χ1v) is 9.89. The Morgan fingerprint density at radius 2 is 1.90 bits per heavy atom. The lowest BCUT2D eigenvalue weighted by molar-refractivity contribution is -0.133. The number of nitrogens with zero attached hydrogens (tertiary/aromatic N) is 3. The molecular weight excluding hydrogens is 368 g/mol. The molecule has 0 bridgehead atoms. The first-order chi connectivity index (χ1) is 14.0. The summed E-state index contributed by atoms with van der Waals surface area (Å²) in [5, 5.41) is 4.12. The van der Waals surface area contributed by atoms with Crippen molar-refractivity contribution in [2.75, 3.05) is 13.1 Å².